The number of benzene rings is 2. The molecule has 15 heteroatoms. The van der Waals surface area contributed by atoms with E-state index in [9.17, 15) is 29.8 Å². The van der Waals surface area contributed by atoms with Gasteiger partial charge < -0.3 is 19.3 Å². The van der Waals surface area contributed by atoms with Gasteiger partial charge in [-0.3, -0.25) is 25.0 Å². The first kappa shape index (κ1) is 30.2. The molecule has 12 nitrogen and oxygen atoms in total. The predicted molar refractivity (Wildman–Crippen MR) is 127 cm³/mol. The van der Waals surface area contributed by atoms with E-state index in [4.69, 9.17) is 9.84 Å². The van der Waals surface area contributed by atoms with Crippen LogP contribution in [0.2, 0.25) is 0 Å². The number of ether oxygens (including phenoxy) is 3. The zero-order valence-electron chi connectivity index (χ0n) is 17.0. The Kier molecular flexibility index (Phi) is 14.6. The lowest BCUT2D eigenvalue weighted by atomic mass is 10.3. The highest BCUT2D eigenvalue weighted by molar-refractivity contribution is 9.10. The van der Waals surface area contributed by atoms with Crippen molar-refractivity contribution in [2.24, 2.45) is 0 Å². The quantitative estimate of drug-likeness (QED) is 0.201. The van der Waals surface area contributed by atoms with Gasteiger partial charge in [0.1, 0.15) is 5.33 Å². The number of rotatable bonds is 6. The lowest BCUT2D eigenvalue weighted by Gasteiger charge is -2.05. The Labute approximate surface area is 212 Å². The molecule has 2 rings (SSSR count). The number of halogens is 3. The molecule has 0 spiro atoms. The van der Waals surface area contributed by atoms with Gasteiger partial charge in [-0.25, -0.2) is 4.79 Å². The summed E-state index contributed by atoms with van der Waals surface area (Å²) in [5, 5.41) is 30.1. The van der Waals surface area contributed by atoms with Crippen molar-refractivity contribution in [1.29, 1.82) is 0 Å². The summed E-state index contributed by atoms with van der Waals surface area (Å²) >= 11 is 9.06. The van der Waals surface area contributed by atoms with Gasteiger partial charge in [-0.05, 0) is 24.3 Å². The van der Waals surface area contributed by atoms with E-state index in [-0.39, 0.29) is 40.8 Å². The second kappa shape index (κ2) is 15.9. The van der Waals surface area contributed by atoms with Gasteiger partial charge in [-0.1, -0.05) is 47.8 Å². The molecule has 0 aliphatic carbocycles. The molecule has 33 heavy (non-hydrogen) atoms. The molecule has 0 aromatic heterocycles. The van der Waals surface area contributed by atoms with E-state index >= 15 is 0 Å². The fourth-order valence-corrected chi connectivity index (χ4v) is 2.58. The number of aromatic hydroxyl groups is 1. The van der Waals surface area contributed by atoms with Crippen molar-refractivity contribution in [2.75, 3.05) is 26.2 Å². The van der Waals surface area contributed by atoms with Gasteiger partial charge in [0.15, 0.2) is 18.1 Å². The fraction of sp³-hybridized carbons (Fsp3) is 0.222. The van der Waals surface area contributed by atoms with Crippen LogP contribution in [-0.4, -0.2) is 53.0 Å². The molecule has 0 saturated carbocycles. The third kappa shape index (κ3) is 12.1. The summed E-state index contributed by atoms with van der Waals surface area (Å²) in [4.78, 5) is 40.4. The lowest BCUT2D eigenvalue weighted by molar-refractivity contribution is -0.386. The minimum atomic E-state index is -0.639. The Bertz CT molecular complexity index is 982. The van der Waals surface area contributed by atoms with Gasteiger partial charge in [0.05, 0.1) is 24.1 Å². The molecule has 0 fully saturated rings. The van der Waals surface area contributed by atoms with Gasteiger partial charge in [0.25, 0.3) is 0 Å². The van der Waals surface area contributed by atoms with Gasteiger partial charge in [-0.2, -0.15) is 0 Å². The van der Waals surface area contributed by atoms with Crippen molar-refractivity contribution in [3.05, 3.63) is 65.6 Å². The number of esters is 2. The second-order valence-corrected chi connectivity index (χ2v) is 7.73. The monoisotopic (exact) mass is 658 g/mol. The van der Waals surface area contributed by atoms with Crippen LogP contribution in [0.15, 0.2) is 45.3 Å². The summed E-state index contributed by atoms with van der Waals surface area (Å²) < 4.78 is 14.7. The summed E-state index contributed by atoms with van der Waals surface area (Å²) in [6.45, 7) is -0.362. The van der Waals surface area contributed by atoms with Crippen LogP contribution in [0.4, 0.5) is 11.4 Å². The Morgan fingerprint density at radius 1 is 0.909 bits per heavy atom. The number of nitro benzene ring substituents is 2. The van der Waals surface area contributed by atoms with E-state index in [1.807, 2.05) is 0 Å². The summed E-state index contributed by atoms with van der Waals surface area (Å²) in [5.74, 6) is -1.14. The maximum atomic E-state index is 10.8. The van der Waals surface area contributed by atoms with Crippen LogP contribution in [-0.2, 0) is 19.1 Å². The Balaban J connectivity index is 0.000000520. The maximum absolute atomic E-state index is 10.8. The molecule has 0 aliphatic heterocycles. The third-order valence-corrected chi connectivity index (χ3v) is 4.61. The number of carbonyl (C=O) groups excluding carboxylic acids is 2. The topological polar surface area (TPSA) is 168 Å². The standard InChI is InChI=1S/C9H8BrNO5.C6H4BrNO3.C3H5BrO2/c1-15-9(12)5-16-8-3-2-6(10)4-7(8)11(13)14;7-4-1-2-6(9)5(3-4)8(10)11;1-6-3(5)2-4/h2-4H,5H2,1H3;1-3,9H;2H2,1H3. The number of alkyl halides is 1. The molecule has 0 bridgehead atoms. The van der Waals surface area contributed by atoms with E-state index in [1.165, 1.54) is 44.6 Å². The second-order valence-electron chi connectivity index (χ2n) is 5.33. The molecule has 180 valence electrons. The number of methoxy groups -OCH3 is 2. The van der Waals surface area contributed by atoms with E-state index in [0.29, 0.717) is 8.95 Å². The summed E-state index contributed by atoms with van der Waals surface area (Å²) in [6, 6.07) is 8.33. The van der Waals surface area contributed by atoms with Crippen molar-refractivity contribution < 1.29 is 38.8 Å². The molecular formula is C18H17Br3N2O10. The highest BCUT2D eigenvalue weighted by Gasteiger charge is 2.16. The van der Waals surface area contributed by atoms with Crippen molar-refractivity contribution >= 4 is 71.1 Å². The SMILES string of the molecule is COC(=O)CBr.COC(=O)COc1ccc(Br)cc1[N+](=O)[O-].O=[N+]([O-])c1cc(Br)ccc1O. The molecule has 0 aliphatic rings. The predicted octanol–water partition coefficient (Wildman–Crippen LogP) is 4.53. The first-order chi connectivity index (χ1) is 15.5. The maximum Gasteiger partial charge on any atom is 0.343 e. The summed E-state index contributed by atoms with van der Waals surface area (Å²) in [5.41, 5.74) is -0.502. The zero-order chi connectivity index (χ0) is 25.6. The summed E-state index contributed by atoms with van der Waals surface area (Å²) in [6.07, 6.45) is 0. The molecule has 0 heterocycles. The number of phenolic OH excluding ortho intramolecular Hbond substituents is 1. The fourth-order valence-electron chi connectivity index (χ4n) is 1.65. The van der Waals surface area contributed by atoms with Crippen LogP contribution < -0.4 is 4.74 Å². The van der Waals surface area contributed by atoms with Gasteiger partial charge in [-0.15, -0.1) is 0 Å². The van der Waals surface area contributed by atoms with E-state index < -0.39 is 15.8 Å². The first-order valence-electron chi connectivity index (χ1n) is 8.36. The highest BCUT2D eigenvalue weighted by atomic mass is 79.9. The van der Waals surface area contributed by atoms with Gasteiger partial charge in [0.2, 0.25) is 0 Å². The number of nitrogens with zero attached hydrogens (tertiary/aromatic N) is 2. The third-order valence-electron chi connectivity index (χ3n) is 3.16. The van der Waals surface area contributed by atoms with Crippen molar-refractivity contribution in [2.45, 2.75) is 0 Å². The van der Waals surface area contributed by atoms with Crippen LogP contribution in [0, 0.1) is 20.2 Å². The molecule has 0 radical (unpaired) electrons. The van der Waals surface area contributed by atoms with Gasteiger partial charge in [0, 0.05) is 21.1 Å². The molecular weight excluding hydrogens is 644 g/mol. The molecule has 0 atom stereocenters. The molecule has 2 aromatic rings. The number of carbonyl (C=O) groups is 2. The van der Waals surface area contributed by atoms with Crippen molar-refractivity contribution in [3.8, 4) is 11.5 Å². The van der Waals surface area contributed by atoms with Crippen LogP contribution in [0.25, 0.3) is 0 Å². The molecule has 0 saturated heterocycles. The molecule has 2 aromatic carbocycles. The Morgan fingerprint density at radius 3 is 1.79 bits per heavy atom. The summed E-state index contributed by atoms with van der Waals surface area (Å²) in [7, 11) is 2.56. The number of phenols is 1. The van der Waals surface area contributed by atoms with E-state index in [2.05, 4.69) is 57.3 Å². The lowest BCUT2D eigenvalue weighted by Crippen LogP contribution is -2.13. The van der Waals surface area contributed by atoms with Crippen LogP contribution in [0.5, 0.6) is 11.5 Å². The van der Waals surface area contributed by atoms with E-state index in [1.54, 1.807) is 6.07 Å². The normalized spacial score (nSPS) is 9.24. The number of hydrogen-bond donors (Lipinski definition) is 1. The zero-order valence-corrected chi connectivity index (χ0v) is 21.8. The van der Waals surface area contributed by atoms with Crippen LogP contribution >= 0.6 is 47.8 Å². The molecule has 0 amide bonds. The van der Waals surface area contributed by atoms with Crippen molar-refractivity contribution in [1.82, 2.24) is 0 Å². The van der Waals surface area contributed by atoms with Crippen LogP contribution in [0.3, 0.4) is 0 Å². The average molecular weight is 661 g/mol. The molecule has 0 unspecified atom stereocenters. The Hall–Kier alpha value is -2.78. The average Bonchev–Trinajstić information content (AvgIpc) is 2.79. The number of nitro groups is 2. The van der Waals surface area contributed by atoms with Crippen LogP contribution in [0.1, 0.15) is 0 Å². The smallest absolute Gasteiger partial charge is 0.343 e. The minimum Gasteiger partial charge on any atom is -0.502 e. The van der Waals surface area contributed by atoms with Gasteiger partial charge >= 0.3 is 23.3 Å². The molecule has 1 N–H and O–H groups in total. The Morgan fingerprint density at radius 2 is 1.39 bits per heavy atom. The first-order valence-corrected chi connectivity index (χ1v) is 11.1. The largest absolute Gasteiger partial charge is 0.502 e. The number of hydrogen-bond acceptors (Lipinski definition) is 10. The van der Waals surface area contributed by atoms with Crippen molar-refractivity contribution in [3.63, 3.8) is 0 Å². The highest BCUT2D eigenvalue weighted by Crippen LogP contribution is 2.30. The minimum absolute atomic E-state index is 0.0265. The van der Waals surface area contributed by atoms with E-state index in [0.717, 1.165) is 0 Å².